The van der Waals surface area contributed by atoms with Crippen LogP contribution in [0.3, 0.4) is 0 Å². The Bertz CT molecular complexity index is 572. The second-order valence-electron chi connectivity index (χ2n) is 5.72. The molecule has 0 saturated heterocycles. The predicted octanol–water partition coefficient (Wildman–Crippen LogP) is 1.14. The summed E-state index contributed by atoms with van der Waals surface area (Å²) >= 11 is 0. The van der Waals surface area contributed by atoms with E-state index in [-0.39, 0.29) is 18.1 Å². The van der Waals surface area contributed by atoms with Crippen molar-refractivity contribution >= 4 is 17.7 Å². The highest BCUT2D eigenvalue weighted by atomic mass is 16.5. The minimum atomic E-state index is -1.37. The molecule has 2 rings (SSSR count). The molecule has 0 unspecified atom stereocenters. The first-order chi connectivity index (χ1) is 11.0. The lowest BCUT2D eigenvalue weighted by atomic mass is 9.83. The highest BCUT2D eigenvalue weighted by Crippen LogP contribution is 2.25. The minimum absolute atomic E-state index is 0.0769. The molecule has 1 aliphatic carbocycles. The zero-order valence-electron chi connectivity index (χ0n) is 13.0. The van der Waals surface area contributed by atoms with Gasteiger partial charge in [-0.1, -0.05) is 30.3 Å². The van der Waals surface area contributed by atoms with Gasteiger partial charge >= 0.3 is 5.97 Å². The van der Waals surface area contributed by atoms with E-state index in [1.165, 1.54) is 7.11 Å². The molecule has 23 heavy (non-hydrogen) atoms. The van der Waals surface area contributed by atoms with Crippen LogP contribution in [-0.2, 0) is 19.1 Å². The van der Waals surface area contributed by atoms with Crippen LogP contribution in [-0.4, -0.2) is 35.9 Å². The number of methoxy groups -OCH3 is 1. The molecule has 6 nitrogen and oxygen atoms in total. The number of carbonyl (C=O) groups excluding carboxylic acids is 3. The Morgan fingerprint density at radius 3 is 2.61 bits per heavy atom. The molecule has 124 valence electrons. The highest BCUT2D eigenvalue weighted by Gasteiger charge is 2.35. The van der Waals surface area contributed by atoms with E-state index in [1.807, 2.05) is 0 Å². The Kier molecular flexibility index (Phi) is 5.87. The summed E-state index contributed by atoms with van der Waals surface area (Å²) in [5.74, 6) is -1.49. The quantitative estimate of drug-likeness (QED) is 0.794. The van der Waals surface area contributed by atoms with Crippen LogP contribution in [0.2, 0.25) is 0 Å². The molecular weight excluding hydrogens is 298 g/mol. The molecule has 0 heterocycles. The Morgan fingerprint density at radius 1 is 1.30 bits per heavy atom. The molecule has 0 bridgehead atoms. The van der Waals surface area contributed by atoms with Gasteiger partial charge in [-0.15, -0.1) is 0 Å². The van der Waals surface area contributed by atoms with Crippen molar-refractivity contribution in [1.82, 2.24) is 5.32 Å². The fourth-order valence-electron chi connectivity index (χ4n) is 2.86. The number of ether oxygens (including phenoxy) is 1. The summed E-state index contributed by atoms with van der Waals surface area (Å²) in [6.45, 7) is 0. The molecule has 1 aliphatic rings. The van der Waals surface area contributed by atoms with Crippen molar-refractivity contribution in [3.63, 3.8) is 0 Å². The number of aliphatic hydroxyl groups excluding tert-OH is 1. The molecule has 1 saturated carbocycles. The van der Waals surface area contributed by atoms with Gasteiger partial charge in [-0.3, -0.25) is 9.59 Å². The van der Waals surface area contributed by atoms with E-state index < -0.39 is 24.0 Å². The number of nitrogens with one attached hydrogen (secondary N) is 1. The Balaban J connectivity index is 2.09. The van der Waals surface area contributed by atoms with E-state index in [0.29, 0.717) is 24.8 Å². The average molecular weight is 319 g/mol. The molecule has 1 amide bonds. The van der Waals surface area contributed by atoms with Gasteiger partial charge in [0.25, 0.3) is 5.91 Å². The largest absolute Gasteiger partial charge is 0.467 e. The maximum atomic E-state index is 12.2. The first-order valence-electron chi connectivity index (χ1n) is 7.66. The molecule has 0 aromatic heterocycles. The molecule has 2 N–H and O–H groups in total. The van der Waals surface area contributed by atoms with E-state index >= 15 is 0 Å². The van der Waals surface area contributed by atoms with Gasteiger partial charge in [-0.2, -0.15) is 0 Å². The molecule has 0 spiro atoms. The van der Waals surface area contributed by atoms with Crippen molar-refractivity contribution in [2.24, 2.45) is 5.92 Å². The average Bonchev–Trinajstić information content (AvgIpc) is 2.58. The van der Waals surface area contributed by atoms with Crippen LogP contribution in [0.5, 0.6) is 0 Å². The SMILES string of the molecule is COC(=O)[C@H](NC(=O)[C@@H](O)c1ccccc1)[C@H]1CCCC(=O)C1. The summed E-state index contributed by atoms with van der Waals surface area (Å²) in [6.07, 6.45) is 0.719. The number of rotatable bonds is 5. The standard InChI is InChI=1S/C17H21NO5/c1-23-17(22)14(12-8-5-9-13(19)10-12)18-16(21)15(20)11-6-3-2-4-7-11/h2-4,6-7,12,14-15,20H,5,8-10H2,1H3,(H,18,21)/t12-,14+,15-/m0/s1. The van der Waals surface area contributed by atoms with Gasteiger partial charge in [0.05, 0.1) is 7.11 Å². The summed E-state index contributed by atoms with van der Waals surface area (Å²) in [4.78, 5) is 35.8. The zero-order valence-corrected chi connectivity index (χ0v) is 13.0. The van der Waals surface area contributed by atoms with Gasteiger partial charge in [0.1, 0.15) is 11.8 Å². The van der Waals surface area contributed by atoms with Crippen molar-refractivity contribution in [3.8, 4) is 0 Å². The molecule has 6 heteroatoms. The summed E-state index contributed by atoms with van der Waals surface area (Å²) < 4.78 is 4.74. The Morgan fingerprint density at radius 2 is 2.00 bits per heavy atom. The smallest absolute Gasteiger partial charge is 0.328 e. The van der Waals surface area contributed by atoms with Crippen LogP contribution in [0.4, 0.5) is 0 Å². The number of hydrogen-bond donors (Lipinski definition) is 2. The zero-order chi connectivity index (χ0) is 16.8. The molecule has 0 radical (unpaired) electrons. The second-order valence-corrected chi connectivity index (χ2v) is 5.72. The summed E-state index contributed by atoms with van der Waals surface area (Å²) in [5.41, 5.74) is 0.438. The first kappa shape index (κ1) is 17.1. The third kappa shape index (κ3) is 4.39. The molecule has 0 aliphatic heterocycles. The van der Waals surface area contributed by atoms with Crippen molar-refractivity contribution in [3.05, 3.63) is 35.9 Å². The van der Waals surface area contributed by atoms with Crippen LogP contribution in [0.1, 0.15) is 37.4 Å². The topological polar surface area (TPSA) is 92.7 Å². The maximum absolute atomic E-state index is 12.2. The lowest BCUT2D eigenvalue weighted by Crippen LogP contribution is -2.49. The van der Waals surface area contributed by atoms with Gasteiger partial charge in [0.15, 0.2) is 6.10 Å². The van der Waals surface area contributed by atoms with Crippen molar-refractivity contribution in [1.29, 1.82) is 0 Å². The van der Waals surface area contributed by atoms with Crippen LogP contribution >= 0.6 is 0 Å². The third-order valence-electron chi connectivity index (χ3n) is 4.11. The van der Waals surface area contributed by atoms with Gasteiger partial charge in [0.2, 0.25) is 0 Å². The first-order valence-corrected chi connectivity index (χ1v) is 7.66. The molecular formula is C17H21NO5. The van der Waals surface area contributed by atoms with Gasteiger partial charge < -0.3 is 15.2 Å². The highest BCUT2D eigenvalue weighted by molar-refractivity contribution is 5.88. The molecule has 3 atom stereocenters. The van der Waals surface area contributed by atoms with E-state index in [2.05, 4.69) is 5.32 Å². The lowest BCUT2D eigenvalue weighted by Gasteiger charge is -2.29. The molecule has 1 aromatic carbocycles. The van der Waals surface area contributed by atoms with Crippen LogP contribution in [0.15, 0.2) is 30.3 Å². The van der Waals surface area contributed by atoms with Gasteiger partial charge in [-0.05, 0) is 24.3 Å². The van der Waals surface area contributed by atoms with Crippen molar-refractivity contribution < 1.29 is 24.2 Å². The van der Waals surface area contributed by atoms with E-state index in [4.69, 9.17) is 4.74 Å². The lowest BCUT2D eigenvalue weighted by molar-refractivity contribution is -0.148. The van der Waals surface area contributed by atoms with E-state index in [0.717, 1.165) is 0 Å². The van der Waals surface area contributed by atoms with E-state index in [1.54, 1.807) is 30.3 Å². The second kappa shape index (κ2) is 7.87. The fraction of sp³-hybridized carbons (Fsp3) is 0.471. The number of carbonyl (C=O) groups is 3. The minimum Gasteiger partial charge on any atom is -0.467 e. The number of ketones is 1. The monoisotopic (exact) mass is 319 g/mol. The summed E-state index contributed by atoms with van der Waals surface area (Å²) in [7, 11) is 1.24. The van der Waals surface area contributed by atoms with Crippen molar-refractivity contribution in [2.45, 2.75) is 37.8 Å². The third-order valence-corrected chi connectivity index (χ3v) is 4.11. The van der Waals surface area contributed by atoms with Crippen LogP contribution in [0.25, 0.3) is 0 Å². The number of benzene rings is 1. The molecule has 1 aromatic rings. The number of aliphatic hydroxyl groups is 1. The van der Waals surface area contributed by atoms with Crippen molar-refractivity contribution in [2.75, 3.05) is 7.11 Å². The molecule has 1 fully saturated rings. The van der Waals surface area contributed by atoms with Crippen LogP contribution < -0.4 is 5.32 Å². The number of hydrogen-bond acceptors (Lipinski definition) is 5. The Hall–Kier alpha value is -2.21. The number of esters is 1. The Labute approximate surface area is 134 Å². The van der Waals surface area contributed by atoms with Crippen LogP contribution in [0, 0.1) is 5.92 Å². The summed E-state index contributed by atoms with van der Waals surface area (Å²) in [5, 5.41) is 12.7. The number of Topliss-reactive ketones (excluding diaryl/α,β-unsaturated/α-hetero) is 1. The predicted molar refractivity (Wildman–Crippen MR) is 82.3 cm³/mol. The summed E-state index contributed by atoms with van der Waals surface area (Å²) in [6, 6.07) is 7.53. The normalized spacial score (nSPS) is 20.4. The van der Waals surface area contributed by atoms with Gasteiger partial charge in [-0.25, -0.2) is 4.79 Å². The fourth-order valence-corrected chi connectivity index (χ4v) is 2.86. The van der Waals surface area contributed by atoms with E-state index in [9.17, 15) is 19.5 Å². The number of amides is 1. The maximum Gasteiger partial charge on any atom is 0.328 e. The van der Waals surface area contributed by atoms with Gasteiger partial charge in [0, 0.05) is 12.8 Å².